The number of hydrogen-bond donors (Lipinski definition) is 2. The quantitative estimate of drug-likeness (QED) is 0.794. The number of nitrogens with one attached hydrogen (secondary N) is 2. The van der Waals surface area contributed by atoms with Crippen LogP contribution in [0.4, 0.5) is 16.3 Å². The van der Waals surface area contributed by atoms with E-state index in [0.717, 1.165) is 17.1 Å². The first-order chi connectivity index (χ1) is 13.4. The molecule has 1 unspecified atom stereocenters. The summed E-state index contributed by atoms with van der Waals surface area (Å²) in [6, 6.07) is 6.95. The molecule has 1 aliphatic rings. The van der Waals surface area contributed by atoms with Crippen LogP contribution in [0.3, 0.4) is 0 Å². The largest absolute Gasteiger partial charge is 0.488 e. The SMILES string of the molecule is CN=C(C)C(C=N)c1ccc2c(n1)N(C(=O)Nc1cc(C)nc(C)c1)CCO2. The second-order valence-corrected chi connectivity index (χ2v) is 6.64. The number of carbonyl (C=O) groups excluding carboxylic acids is 1. The molecule has 1 atom stereocenters. The Morgan fingerprint density at radius 1 is 1.32 bits per heavy atom. The van der Waals surface area contributed by atoms with Gasteiger partial charge in [0.05, 0.1) is 18.2 Å². The Kier molecular flexibility index (Phi) is 5.67. The van der Waals surface area contributed by atoms with Crippen LogP contribution in [-0.2, 0) is 0 Å². The van der Waals surface area contributed by atoms with Gasteiger partial charge < -0.3 is 15.5 Å². The Morgan fingerprint density at radius 3 is 2.68 bits per heavy atom. The summed E-state index contributed by atoms with van der Waals surface area (Å²) >= 11 is 0. The summed E-state index contributed by atoms with van der Waals surface area (Å²) in [5, 5.41) is 10.6. The molecule has 0 aromatic carbocycles. The van der Waals surface area contributed by atoms with Crippen molar-refractivity contribution in [2.45, 2.75) is 26.7 Å². The third-order valence-corrected chi connectivity index (χ3v) is 4.55. The zero-order valence-electron chi connectivity index (χ0n) is 16.5. The highest BCUT2D eigenvalue weighted by atomic mass is 16.5. The summed E-state index contributed by atoms with van der Waals surface area (Å²) < 4.78 is 5.67. The van der Waals surface area contributed by atoms with Gasteiger partial charge in [-0.2, -0.15) is 0 Å². The van der Waals surface area contributed by atoms with Gasteiger partial charge in [-0.05, 0) is 45.0 Å². The Hall–Kier alpha value is -3.29. The first-order valence-corrected chi connectivity index (χ1v) is 9.04. The van der Waals surface area contributed by atoms with Crippen molar-refractivity contribution in [3.63, 3.8) is 0 Å². The van der Waals surface area contributed by atoms with Gasteiger partial charge in [0, 0.05) is 36.0 Å². The van der Waals surface area contributed by atoms with Crippen molar-refractivity contribution in [1.29, 1.82) is 5.41 Å². The van der Waals surface area contributed by atoms with Crippen LogP contribution in [0.1, 0.15) is 29.9 Å². The maximum Gasteiger partial charge on any atom is 0.327 e. The first-order valence-electron chi connectivity index (χ1n) is 9.04. The molecule has 3 heterocycles. The van der Waals surface area contributed by atoms with E-state index in [-0.39, 0.29) is 11.9 Å². The van der Waals surface area contributed by atoms with Gasteiger partial charge in [-0.15, -0.1) is 0 Å². The smallest absolute Gasteiger partial charge is 0.327 e. The third-order valence-electron chi connectivity index (χ3n) is 4.55. The number of pyridine rings is 2. The highest BCUT2D eigenvalue weighted by molar-refractivity contribution is 6.03. The number of nitrogens with zero attached hydrogens (tertiary/aromatic N) is 4. The minimum absolute atomic E-state index is 0.286. The topological polar surface area (TPSA) is 104 Å². The maximum absolute atomic E-state index is 12.9. The summed E-state index contributed by atoms with van der Waals surface area (Å²) in [6.07, 6.45) is 1.30. The molecule has 0 saturated carbocycles. The zero-order valence-corrected chi connectivity index (χ0v) is 16.5. The Labute approximate surface area is 164 Å². The first kappa shape index (κ1) is 19.5. The Bertz CT molecular complexity index is 920. The molecule has 0 spiro atoms. The molecule has 1 aliphatic heterocycles. The molecular formula is C20H24N6O2. The van der Waals surface area contributed by atoms with Crippen molar-refractivity contribution < 1.29 is 9.53 Å². The number of anilines is 2. The van der Waals surface area contributed by atoms with Crippen LogP contribution in [-0.4, -0.2) is 48.1 Å². The standard InChI is InChI=1S/C20H24N6O2/c1-12-9-15(10-13(2)23-12)24-20(27)26-7-8-28-18-6-5-17(25-19(18)26)16(11-21)14(3)22-4/h5-6,9-11,16,21H,7-8H2,1-4H3,(H,23,24,27). The lowest BCUT2D eigenvalue weighted by Gasteiger charge is -2.29. The third kappa shape index (κ3) is 4.00. The van der Waals surface area contributed by atoms with Crippen LogP contribution >= 0.6 is 0 Å². The molecule has 2 aromatic heterocycles. The van der Waals surface area contributed by atoms with Gasteiger partial charge in [-0.3, -0.25) is 14.9 Å². The summed E-state index contributed by atoms with van der Waals surface area (Å²) in [4.78, 5) is 27.6. The molecule has 2 N–H and O–H groups in total. The Balaban J connectivity index is 1.92. The van der Waals surface area contributed by atoms with Gasteiger partial charge in [-0.1, -0.05) is 0 Å². The predicted octanol–water partition coefficient (Wildman–Crippen LogP) is 3.35. The number of rotatable bonds is 4. The highest BCUT2D eigenvalue weighted by Crippen LogP contribution is 2.32. The zero-order chi connectivity index (χ0) is 20.3. The van der Waals surface area contributed by atoms with E-state index in [0.29, 0.717) is 36.1 Å². The van der Waals surface area contributed by atoms with Crippen LogP contribution in [0.15, 0.2) is 29.3 Å². The molecule has 0 bridgehead atoms. The van der Waals surface area contributed by atoms with Crippen LogP contribution in [0.5, 0.6) is 5.75 Å². The summed E-state index contributed by atoms with van der Waals surface area (Å²) in [6.45, 7) is 6.39. The second kappa shape index (κ2) is 8.16. The number of urea groups is 1. The van der Waals surface area contributed by atoms with E-state index in [1.54, 1.807) is 24.1 Å². The fourth-order valence-electron chi connectivity index (χ4n) is 3.14. The fourth-order valence-corrected chi connectivity index (χ4v) is 3.14. The number of aryl methyl sites for hydroxylation is 2. The molecule has 3 rings (SSSR count). The number of carbonyl (C=O) groups is 1. The van der Waals surface area contributed by atoms with E-state index in [1.807, 2.05) is 32.9 Å². The minimum Gasteiger partial charge on any atom is -0.488 e. The molecule has 0 radical (unpaired) electrons. The molecule has 28 heavy (non-hydrogen) atoms. The van der Waals surface area contributed by atoms with Gasteiger partial charge in [0.25, 0.3) is 0 Å². The van der Waals surface area contributed by atoms with Crippen molar-refractivity contribution in [3.8, 4) is 5.75 Å². The predicted molar refractivity (Wildman–Crippen MR) is 110 cm³/mol. The maximum atomic E-state index is 12.9. The van der Waals surface area contributed by atoms with Crippen molar-refractivity contribution in [1.82, 2.24) is 9.97 Å². The number of ether oxygens (including phenoxy) is 1. The average Bonchev–Trinajstić information content (AvgIpc) is 2.66. The Morgan fingerprint density at radius 2 is 2.04 bits per heavy atom. The van der Waals surface area contributed by atoms with E-state index in [1.165, 1.54) is 6.21 Å². The number of fused-ring (bicyclic) bond motifs is 1. The van der Waals surface area contributed by atoms with Crippen LogP contribution in [0.2, 0.25) is 0 Å². The van der Waals surface area contributed by atoms with Gasteiger partial charge in [0.1, 0.15) is 6.61 Å². The molecule has 0 saturated heterocycles. The lowest BCUT2D eigenvalue weighted by molar-refractivity contribution is 0.249. The minimum atomic E-state index is -0.340. The highest BCUT2D eigenvalue weighted by Gasteiger charge is 2.27. The van der Waals surface area contributed by atoms with E-state index in [2.05, 4.69) is 20.3 Å². The van der Waals surface area contributed by atoms with Crippen molar-refractivity contribution in [3.05, 3.63) is 41.3 Å². The van der Waals surface area contributed by atoms with Crippen molar-refractivity contribution in [2.75, 3.05) is 30.4 Å². The van der Waals surface area contributed by atoms with Crippen LogP contribution in [0, 0.1) is 19.3 Å². The molecule has 0 aliphatic carbocycles. The molecule has 8 nitrogen and oxygen atoms in total. The number of amides is 2. The lowest BCUT2D eigenvalue weighted by Crippen LogP contribution is -2.41. The monoisotopic (exact) mass is 380 g/mol. The summed E-state index contributed by atoms with van der Waals surface area (Å²) in [5.41, 5.74) is 3.78. The lowest BCUT2D eigenvalue weighted by atomic mass is 10.0. The number of aromatic nitrogens is 2. The normalized spacial score (nSPS) is 14.7. The van der Waals surface area contributed by atoms with E-state index < -0.39 is 0 Å². The van der Waals surface area contributed by atoms with Crippen molar-refractivity contribution >= 4 is 29.5 Å². The van der Waals surface area contributed by atoms with Crippen LogP contribution < -0.4 is 15.0 Å². The molecule has 2 aromatic rings. The molecular weight excluding hydrogens is 356 g/mol. The van der Waals surface area contributed by atoms with Gasteiger partial charge in [-0.25, -0.2) is 9.78 Å². The van der Waals surface area contributed by atoms with E-state index >= 15 is 0 Å². The number of aliphatic imine (C=N–C) groups is 1. The van der Waals surface area contributed by atoms with Gasteiger partial charge >= 0.3 is 6.03 Å². The molecule has 8 heteroatoms. The summed E-state index contributed by atoms with van der Waals surface area (Å²) in [5.74, 6) is 0.647. The fraction of sp³-hybridized carbons (Fsp3) is 0.350. The van der Waals surface area contributed by atoms with E-state index in [4.69, 9.17) is 10.1 Å². The molecule has 2 amide bonds. The van der Waals surface area contributed by atoms with Gasteiger partial charge in [0.2, 0.25) is 0 Å². The van der Waals surface area contributed by atoms with Crippen molar-refractivity contribution in [2.24, 2.45) is 4.99 Å². The van der Waals surface area contributed by atoms with Crippen LogP contribution in [0.25, 0.3) is 0 Å². The van der Waals surface area contributed by atoms with Gasteiger partial charge in [0.15, 0.2) is 11.6 Å². The summed E-state index contributed by atoms with van der Waals surface area (Å²) in [7, 11) is 1.69. The van der Waals surface area contributed by atoms with E-state index in [9.17, 15) is 4.79 Å². The molecule has 146 valence electrons. The average molecular weight is 380 g/mol. The molecule has 0 fully saturated rings. The number of hydrogen-bond acceptors (Lipinski definition) is 6. The second-order valence-electron chi connectivity index (χ2n) is 6.64.